The van der Waals surface area contributed by atoms with Gasteiger partial charge in [0, 0.05) is 12.1 Å². The van der Waals surface area contributed by atoms with Gasteiger partial charge in [-0.3, -0.25) is 9.59 Å². The van der Waals surface area contributed by atoms with Crippen molar-refractivity contribution in [1.29, 1.82) is 0 Å². The zero-order valence-corrected chi connectivity index (χ0v) is 11.1. The largest absolute Gasteiger partial charge is 0.347 e. The molecule has 0 fully saturated rings. The van der Waals surface area contributed by atoms with E-state index in [1.807, 2.05) is 0 Å². The summed E-state index contributed by atoms with van der Waals surface area (Å²) in [7, 11) is 0. The minimum Gasteiger partial charge on any atom is -0.347 e. The fourth-order valence-electron chi connectivity index (χ4n) is 1.27. The van der Waals surface area contributed by atoms with Crippen molar-refractivity contribution < 1.29 is 14.0 Å². The van der Waals surface area contributed by atoms with E-state index in [1.54, 1.807) is 0 Å². The molecule has 19 heavy (non-hydrogen) atoms. The average molecular weight is 290 g/mol. The number of halogens is 2. The maximum absolute atomic E-state index is 12.6. The van der Waals surface area contributed by atoms with Crippen LogP contribution in [-0.2, 0) is 9.59 Å². The summed E-state index contributed by atoms with van der Waals surface area (Å²) < 4.78 is 12.6. The fourth-order valence-corrected chi connectivity index (χ4v) is 1.27. The number of hydrogen-bond acceptors (Lipinski definition) is 3. The highest BCUT2D eigenvalue weighted by Gasteiger charge is 2.05. The molecule has 1 aromatic carbocycles. The summed E-state index contributed by atoms with van der Waals surface area (Å²) in [5, 5.41) is 5.00. The first-order valence-electron chi connectivity index (χ1n) is 5.64. The summed E-state index contributed by atoms with van der Waals surface area (Å²) in [5.74, 6) is -0.944. The third kappa shape index (κ3) is 7.38. The van der Waals surface area contributed by atoms with Crippen LogP contribution in [0.4, 0.5) is 10.1 Å². The van der Waals surface area contributed by atoms with Crippen molar-refractivity contribution in [3.05, 3.63) is 30.1 Å². The summed E-state index contributed by atoms with van der Waals surface area (Å²) in [6.07, 6.45) is 0.895. The molecule has 1 aromatic rings. The van der Waals surface area contributed by atoms with Gasteiger partial charge < -0.3 is 16.4 Å². The molecule has 0 unspecified atom stereocenters. The number of anilines is 1. The number of amides is 2. The molecule has 5 nitrogen and oxygen atoms in total. The second-order valence-corrected chi connectivity index (χ2v) is 3.72. The van der Waals surface area contributed by atoms with Gasteiger partial charge in [-0.1, -0.05) is 0 Å². The summed E-state index contributed by atoms with van der Waals surface area (Å²) in [4.78, 5) is 22.6. The maximum atomic E-state index is 12.6. The molecule has 0 spiro atoms. The van der Waals surface area contributed by atoms with Gasteiger partial charge in [0.25, 0.3) is 0 Å². The quantitative estimate of drug-likeness (QED) is 0.731. The number of carbonyl (C=O) groups excluding carboxylic acids is 2. The molecule has 1 rings (SSSR count). The van der Waals surface area contributed by atoms with Crippen LogP contribution >= 0.6 is 12.4 Å². The van der Waals surface area contributed by atoms with Gasteiger partial charge in [-0.15, -0.1) is 12.4 Å². The molecule has 0 saturated heterocycles. The van der Waals surface area contributed by atoms with E-state index in [2.05, 4.69) is 10.6 Å². The molecular formula is C12H17ClFN3O2. The average Bonchev–Trinajstić information content (AvgIpc) is 2.36. The predicted molar refractivity (Wildman–Crippen MR) is 73.6 cm³/mol. The lowest BCUT2D eigenvalue weighted by Crippen LogP contribution is -2.32. The normalized spacial score (nSPS) is 9.37. The van der Waals surface area contributed by atoms with Crippen molar-refractivity contribution in [2.75, 3.05) is 18.4 Å². The molecular weight excluding hydrogens is 273 g/mol. The lowest BCUT2D eigenvalue weighted by atomic mass is 10.3. The van der Waals surface area contributed by atoms with Gasteiger partial charge >= 0.3 is 0 Å². The standard InChI is InChI=1S/C12H16FN3O2.ClH/c13-9-3-5-10(6-4-9)16-12(18)8-15-11(17)2-1-7-14;/h3-6H,1-2,7-8,14H2,(H,15,17)(H,16,18);1H. The molecule has 106 valence electrons. The van der Waals surface area contributed by atoms with E-state index in [-0.39, 0.29) is 36.6 Å². The summed E-state index contributed by atoms with van der Waals surface area (Å²) in [6, 6.07) is 5.39. The van der Waals surface area contributed by atoms with Crippen LogP contribution < -0.4 is 16.4 Å². The van der Waals surface area contributed by atoms with Crippen LogP contribution in [0.5, 0.6) is 0 Å². The topological polar surface area (TPSA) is 84.2 Å². The highest BCUT2D eigenvalue weighted by molar-refractivity contribution is 5.94. The number of nitrogens with two attached hydrogens (primary N) is 1. The van der Waals surface area contributed by atoms with E-state index in [0.717, 1.165) is 0 Å². The van der Waals surface area contributed by atoms with Crippen LogP contribution in [0, 0.1) is 5.82 Å². The third-order valence-electron chi connectivity index (χ3n) is 2.18. The first-order chi connectivity index (χ1) is 8.61. The van der Waals surface area contributed by atoms with Crippen molar-refractivity contribution in [3.63, 3.8) is 0 Å². The van der Waals surface area contributed by atoms with E-state index in [1.165, 1.54) is 24.3 Å². The van der Waals surface area contributed by atoms with Gasteiger partial charge in [0.2, 0.25) is 11.8 Å². The molecule has 0 aliphatic rings. The Kier molecular flexibility index (Phi) is 8.48. The van der Waals surface area contributed by atoms with E-state index in [9.17, 15) is 14.0 Å². The minimum atomic E-state index is -0.372. The van der Waals surface area contributed by atoms with Gasteiger partial charge in [-0.2, -0.15) is 0 Å². The lowest BCUT2D eigenvalue weighted by Gasteiger charge is -2.06. The van der Waals surface area contributed by atoms with Crippen LogP contribution in [0.1, 0.15) is 12.8 Å². The van der Waals surface area contributed by atoms with Crippen LogP contribution in [-0.4, -0.2) is 24.9 Å². The Morgan fingerprint density at radius 3 is 2.37 bits per heavy atom. The number of carbonyl (C=O) groups is 2. The second kappa shape index (κ2) is 9.29. The van der Waals surface area contributed by atoms with Gasteiger partial charge in [0.15, 0.2) is 0 Å². The Bertz CT molecular complexity index is 412. The Hall–Kier alpha value is -1.66. The van der Waals surface area contributed by atoms with Crippen molar-refractivity contribution in [3.8, 4) is 0 Å². The van der Waals surface area contributed by atoms with Crippen molar-refractivity contribution in [2.24, 2.45) is 5.73 Å². The molecule has 0 aliphatic carbocycles. The SMILES string of the molecule is Cl.NCCCC(=O)NCC(=O)Nc1ccc(F)cc1. The van der Waals surface area contributed by atoms with Gasteiger partial charge in [-0.05, 0) is 37.2 Å². The first-order valence-corrected chi connectivity index (χ1v) is 5.64. The molecule has 4 N–H and O–H groups in total. The molecule has 0 aromatic heterocycles. The third-order valence-corrected chi connectivity index (χ3v) is 2.18. The summed E-state index contributed by atoms with van der Waals surface area (Å²) in [5.41, 5.74) is 5.74. The predicted octanol–water partition coefficient (Wildman–Crippen LogP) is 1.04. The molecule has 2 amide bonds. The molecule has 0 aliphatic heterocycles. The molecule has 7 heteroatoms. The number of nitrogens with one attached hydrogen (secondary N) is 2. The smallest absolute Gasteiger partial charge is 0.243 e. The van der Waals surface area contributed by atoms with E-state index in [0.29, 0.717) is 25.1 Å². The second-order valence-electron chi connectivity index (χ2n) is 3.72. The van der Waals surface area contributed by atoms with Crippen molar-refractivity contribution in [1.82, 2.24) is 5.32 Å². The van der Waals surface area contributed by atoms with E-state index >= 15 is 0 Å². The Labute approximate surface area is 117 Å². The van der Waals surface area contributed by atoms with E-state index < -0.39 is 0 Å². The lowest BCUT2D eigenvalue weighted by molar-refractivity contribution is -0.124. The van der Waals surface area contributed by atoms with Crippen LogP contribution in [0.2, 0.25) is 0 Å². The van der Waals surface area contributed by atoms with Crippen molar-refractivity contribution >= 4 is 29.9 Å². The zero-order valence-electron chi connectivity index (χ0n) is 10.3. The Balaban J connectivity index is 0.00000324. The van der Waals surface area contributed by atoms with Crippen LogP contribution in [0.3, 0.4) is 0 Å². The van der Waals surface area contributed by atoms with Gasteiger partial charge in [0.05, 0.1) is 6.54 Å². The van der Waals surface area contributed by atoms with Crippen molar-refractivity contribution in [2.45, 2.75) is 12.8 Å². The minimum absolute atomic E-state index is 0. The highest BCUT2D eigenvalue weighted by atomic mass is 35.5. The first kappa shape index (κ1) is 17.3. The molecule has 0 radical (unpaired) electrons. The van der Waals surface area contributed by atoms with Gasteiger partial charge in [-0.25, -0.2) is 4.39 Å². The number of hydrogen-bond donors (Lipinski definition) is 3. The molecule has 0 saturated carbocycles. The summed E-state index contributed by atoms with van der Waals surface area (Å²) in [6.45, 7) is 0.329. The monoisotopic (exact) mass is 289 g/mol. The maximum Gasteiger partial charge on any atom is 0.243 e. The molecule has 0 heterocycles. The van der Waals surface area contributed by atoms with Gasteiger partial charge in [0.1, 0.15) is 5.82 Å². The number of benzene rings is 1. The van der Waals surface area contributed by atoms with Crippen LogP contribution in [0.15, 0.2) is 24.3 Å². The highest BCUT2D eigenvalue weighted by Crippen LogP contribution is 2.07. The van der Waals surface area contributed by atoms with E-state index in [4.69, 9.17) is 5.73 Å². The Morgan fingerprint density at radius 2 is 1.79 bits per heavy atom. The fraction of sp³-hybridized carbons (Fsp3) is 0.333. The van der Waals surface area contributed by atoms with Crippen LogP contribution in [0.25, 0.3) is 0 Å². The number of rotatable bonds is 6. The molecule has 0 atom stereocenters. The molecule has 0 bridgehead atoms. The Morgan fingerprint density at radius 1 is 1.16 bits per heavy atom. The zero-order chi connectivity index (χ0) is 13.4. The summed E-state index contributed by atoms with van der Waals surface area (Å²) >= 11 is 0.